The molecule has 0 amide bonds. The van der Waals surface area contributed by atoms with E-state index in [2.05, 4.69) is 39.1 Å². The van der Waals surface area contributed by atoms with Gasteiger partial charge in [0.1, 0.15) is 5.82 Å². The van der Waals surface area contributed by atoms with Crippen LogP contribution in [0.2, 0.25) is 0 Å². The number of rotatable bonds is 4. The van der Waals surface area contributed by atoms with Crippen LogP contribution in [0.15, 0.2) is 18.3 Å². The Balaban J connectivity index is 2.35. The van der Waals surface area contributed by atoms with Gasteiger partial charge in [0.15, 0.2) is 5.65 Å². The second kappa shape index (κ2) is 4.40. The van der Waals surface area contributed by atoms with Gasteiger partial charge >= 0.3 is 0 Å². The largest absolute Gasteiger partial charge is 0.319 e. The van der Waals surface area contributed by atoms with Gasteiger partial charge in [0.05, 0.1) is 0 Å². The van der Waals surface area contributed by atoms with Crippen molar-refractivity contribution >= 4 is 5.65 Å². The lowest BCUT2D eigenvalue weighted by Crippen LogP contribution is -2.10. The highest BCUT2D eigenvalue weighted by Gasteiger charge is 2.03. The minimum Gasteiger partial charge on any atom is -0.319 e. The second-order valence-electron chi connectivity index (χ2n) is 3.59. The average Bonchev–Trinajstić information content (AvgIpc) is 2.68. The molecule has 0 aliphatic heterocycles. The Morgan fingerprint density at radius 1 is 1.33 bits per heavy atom. The number of hydrogen-bond acceptors (Lipinski definition) is 3. The van der Waals surface area contributed by atoms with E-state index in [1.165, 1.54) is 5.56 Å². The van der Waals surface area contributed by atoms with Crippen molar-refractivity contribution in [3.8, 4) is 0 Å². The molecule has 0 saturated heterocycles. The van der Waals surface area contributed by atoms with E-state index < -0.39 is 0 Å². The summed E-state index contributed by atoms with van der Waals surface area (Å²) in [5.41, 5.74) is 2.24. The standard InChI is InChI=1S/C11H16N4/c1-3-10-13-14-11-5-4-9(6-7-12-2)8-15(10)11/h4-5,8,12H,3,6-7H2,1-2H3. The quantitative estimate of drug-likeness (QED) is 0.809. The molecule has 0 atom stereocenters. The molecule has 4 heteroatoms. The summed E-state index contributed by atoms with van der Waals surface area (Å²) in [5.74, 6) is 1.02. The number of fused-ring (bicyclic) bond motifs is 1. The summed E-state index contributed by atoms with van der Waals surface area (Å²) < 4.78 is 2.07. The molecule has 2 rings (SSSR count). The van der Waals surface area contributed by atoms with E-state index >= 15 is 0 Å². The van der Waals surface area contributed by atoms with Crippen molar-refractivity contribution in [1.29, 1.82) is 0 Å². The molecule has 0 aliphatic rings. The van der Waals surface area contributed by atoms with Crippen LogP contribution >= 0.6 is 0 Å². The molecule has 0 radical (unpaired) electrons. The minimum atomic E-state index is 0.913. The Hall–Kier alpha value is -1.42. The summed E-state index contributed by atoms with van der Waals surface area (Å²) in [6.07, 6.45) is 4.08. The third kappa shape index (κ3) is 1.99. The third-order valence-corrected chi connectivity index (χ3v) is 2.51. The molecular weight excluding hydrogens is 188 g/mol. The van der Waals surface area contributed by atoms with Crippen molar-refractivity contribution in [1.82, 2.24) is 19.9 Å². The summed E-state index contributed by atoms with van der Waals surface area (Å²) in [4.78, 5) is 0. The molecule has 0 saturated carbocycles. The maximum Gasteiger partial charge on any atom is 0.160 e. The minimum absolute atomic E-state index is 0.913. The molecule has 0 spiro atoms. The van der Waals surface area contributed by atoms with Gasteiger partial charge in [-0.05, 0) is 31.6 Å². The molecule has 80 valence electrons. The number of pyridine rings is 1. The van der Waals surface area contributed by atoms with Gasteiger partial charge in [0.25, 0.3) is 0 Å². The van der Waals surface area contributed by atoms with Crippen molar-refractivity contribution in [2.75, 3.05) is 13.6 Å². The van der Waals surface area contributed by atoms with E-state index in [1.807, 2.05) is 13.1 Å². The summed E-state index contributed by atoms with van der Waals surface area (Å²) in [7, 11) is 1.97. The smallest absolute Gasteiger partial charge is 0.160 e. The van der Waals surface area contributed by atoms with Crippen LogP contribution in [-0.4, -0.2) is 28.2 Å². The summed E-state index contributed by atoms with van der Waals surface area (Å²) in [5, 5.41) is 11.4. The van der Waals surface area contributed by atoms with Gasteiger partial charge in [-0.3, -0.25) is 4.40 Å². The highest BCUT2D eigenvalue weighted by Crippen LogP contribution is 2.07. The SMILES string of the molecule is CCc1nnc2ccc(CCNC)cn12. The molecule has 0 bridgehead atoms. The van der Waals surface area contributed by atoms with E-state index in [1.54, 1.807) is 0 Å². The first-order valence-corrected chi connectivity index (χ1v) is 5.32. The molecule has 4 nitrogen and oxygen atoms in total. The molecule has 1 N–H and O–H groups in total. The van der Waals surface area contributed by atoms with Crippen molar-refractivity contribution in [3.05, 3.63) is 29.7 Å². The summed E-state index contributed by atoms with van der Waals surface area (Å²) >= 11 is 0. The zero-order valence-corrected chi connectivity index (χ0v) is 9.20. The van der Waals surface area contributed by atoms with Gasteiger partial charge in [-0.15, -0.1) is 10.2 Å². The van der Waals surface area contributed by atoms with Crippen molar-refractivity contribution < 1.29 is 0 Å². The van der Waals surface area contributed by atoms with Crippen molar-refractivity contribution in [3.63, 3.8) is 0 Å². The van der Waals surface area contributed by atoms with Crippen LogP contribution in [-0.2, 0) is 12.8 Å². The van der Waals surface area contributed by atoms with Crippen LogP contribution < -0.4 is 5.32 Å². The van der Waals surface area contributed by atoms with Crippen LogP contribution in [0.1, 0.15) is 18.3 Å². The van der Waals surface area contributed by atoms with E-state index in [0.717, 1.165) is 30.9 Å². The topological polar surface area (TPSA) is 42.2 Å². The zero-order chi connectivity index (χ0) is 10.7. The molecule has 2 aromatic heterocycles. The van der Waals surface area contributed by atoms with Crippen molar-refractivity contribution in [2.24, 2.45) is 0 Å². The van der Waals surface area contributed by atoms with E-state index in [9.17, 15) is 0 Å². The number of nitrogens with zero attached hydrogens (tertiary/aromatic N) is 3. The monoisotopic (exact) mass is 204 g/mol. The first-order valence-electron chi connectivity index (χ1n) is 5.32. The lowest BCUT2D eigenvalue weighted by molar-refractivity contribution is 0.786. The predicted molar refractivity (Wildman–Crippen MR) is 60.0 cm³/mol. The lowest BCUT2D eigenvalue weighted by Gasteiger charge is -2.02. The second-order valence-corrected chi connectivity index (χ2v) is 3.59. The normalized spacial score (nSPS) is 11.1. The number of hydrogen-bond donors (Lipinski definition) is 1. The molecular formula is C11H16N4. The van der Waals surface area contributed by atoms with Gasteiger partial charge in [0, 0.05) is 12.6 Å². The van der Waals surface area contributed by atoms with E-state index in [0.29, 0.717) is 0 Å². The molecule has 0 unspecified atom stereocenters. The van der Waals surface area contributed by atoms with Crippen LogP contribution in [0.25, 0.3) is 5.65 Å². The maximum atomic E-state index is 4.13. The van der Waals surface area contributed by atoms with Gasteiger partial charge in [0.2, 0.25) is 0 Å². The third-order valence-electron chi connectivity index (χ3n) is 2.51. The molecule has 0 fully saturated rings. The van der Waals surface area contributed by atoms with E-state index in [-0.39, 0.29) is 0 Å². The van der Waals surface area contributed by atoms with Gasteiger partial charge in [-0.1, -0.05) is 13.0 Å². The Morgan fingerprint density at radius 2 is 2.20 bits per heavy atom. The van der Waals surface area contributed by atoms with E-state index in [4.69, 9.17) is 0 Å². The molecule has 15 heavy (non-hydrogen) atoms. The average molecular weight is 204 g/mol. The Kier molecular flexibility index (Phi) is 2.97. The van der Waals surface area contributed by atoms with Crippen molar-refractivity contribution in [2.45, 2.75) is 19.8 Å². The number of likely N-dealkylation sites (N-methyl/N-ethyl adjacent to an activating group) is 1. The Labute approximate surface area is 89.3 Å². The summed E-state index contributed by atoms with van der Waals surface area (Å²) in [6, 6.07) is 4.14. The first-order chi connectivity index (χ1) is 7.35. The van der Waals surface area contributed by atoms with Gasteiger partial charge in [-0.2, -0.15) is 0 Å². The van der Waals surface area contributed by atoms with Gasteiger partial charge < -0.3 is 5.32 Å². The number of nitrogens with one attached hydrogen (secondary N) is 1. The Morgan fingerprint density at radius 3 is 2.93 bits per heavy atom. The number of aromatic nitrogens is 3. The molecule has 2 aromatic rings. The maximum absolute atomic E-state index is 4.13. The number of aryl methyl sites for hydroxylation is 1. The zero-order valence-electron chi connectivity index (χ0n) is 9.20. The van der Waals surface area contributed by atoms with Crippen LogP contribution in [0, 0.1) is 0 Å². The highest BCUT2D eigenvalue weighted by molar-refractivity contribution is 5.39. The molecule has 2 heterocycles. The fraction of sp³-hybridized carbons (Fsp3) is 0.455. The molecule has 0 aromatic carbocycles. The van der Waals surface area contributed by atoms with Gasteiger partial charge in [-0.25, -0.2) is 0 Å². The molecule has 0 aliphatic carbocycles. The Bertz CT molecular complexity index is 447. The first kappa shape index (κ1) is 10.1. The predicted octanol–water partition coefficient (Wildman–Crippen LogP) is 1.05. The van der Waals surface area contributed by atoms with Crippen LogP contribution in [0.3, 0.4) is 0 Å². The fourth-order valence-corrected chi connectivity index (χ4v) is 1.64. The van der Waals surface area contributed by atoms with Crippen LogP contribution in [0.4, 0.5) is 0 Å². The van der Waals surface area contributed by atoms with Crippen LogP contribution in [0.5, 0.6) is 0 Å². The lowest BCUT2D eigenvalue weighted by atomic mass is 10.2. The fourth-order valence-electron chi connectivity index (χ4n) is 1.64. The summed E-state index contributed by atoms with van der Waals surface area (Å²) in [6.45, 7) is 3.09. The highest BCUT2D eigenvalue weighted by atomic mass is 15.2.